The van der Waals surface area contributed by atoms with Crippen molar-refractivity contribution >= 4 is 33.7 Å². The Hall–Kier alpha value is -1.31. The summed E-state index contributed by atoms with van der Waals surface area (Å²) in [6.07, 6.45) is 8.19. The van der Waals surface area contributed by atoms with E-state index in [1.165, 1.54) is 66.8 Å². The summed E-state index contributed by atoms with van der Waals surface area (Å²) >= 11 is 2.91. The quantitative estimate of drug-likeness (QED) is 0.793. The summed E-state index contributed by atoms with van der Waals surface area (Å²) in [5.41, 5.74) is 1.30. The van der Waals surface area contributed by atoms with Gasteiger partial charge in [-0.05, 0) is 55.7 Å². The van der Waals surface area contributed by atoms with E-state index in [2.05, 4.69) is 26.2 Å². The molecule has 2 aliphatic rings. The average Bonchev–Trinajstić information content (AvgIpc) is 3.02. The van der Waals surface area contributed by atoms with Crippen molar-refractivity contribution in [1.82, 2.24) is 15.5 Å². The predicted octanol–water partition coefficient (Wildman–Crippen LogP) is 4.19. The molecule has 0 aromatic carbocycles. The van der Waals surface area contributed by atoms with Crippen LogP contribution < -0.4 is 10.6 Å². The van der Waals surface area contributed by atoms with Gasteiger partial charge in [-0.1, -0.05) is 30.6 Å². The molecule has 0 radical (unpaired) electrons. The van der Waals surface area contributed by atoms with Crippen molar-refractivity contribution in [2.45, 2.75) is 57.4 Å². The monoisotopic (exact) mass is 376 g/mol. The van der Waals surface area contributed by atoms with E-state index in [0.717, 1.165) is 22.3 Å². The fourth-order valence-corrected chi connectivity index (χ4v) is 5.12. The van der Waals surface area contributed by atoms with Gasteiger partial charge in [-0.25, -0.2) is 0 Å². The first-order chi connectivity index (χ1) is 12.2. The van der Waals surface area contributed by atoms with Crippen molar-refractivity contribution in [1.29, 1.82) is 0 Å². The molecule has 7 heteroatoms. The molecule has 2 aromatic rings. The van der Waals surface area contributed by atoms with Crippen LogP contribution in [-0.4, -0.2) is 28.7 Å². The fourth-order valence-electron chi connectivity index (χ4n) is 3.67. The van der Waals surface area contributed by atoms with Gasteiger partial charge in [0.2, 0.25) is 5.13 Å². The fraction of sp³-hybridized carbons (Fsp3) is 0.611. The first-order valence-corrected chi connectivity index (χ1v) is 10.8. The molecule has 0 bridgehead atoms. The van der Waals surface area contributed by atoms with Crippen LogP contribution in [0.25, 0.3) is 0 Å². The number of carbonyl (C=O) groups excluding carboxylic acids is 1. The van der Waals surface area contributed by atoms with Crippen LogP contribution in [0.2, 0.25) is 0 Å². The maximum atomic E-state index is 12.3. The van der Waals surface area contributed by atoms with Gasteiger partial charge in [-0.15, -0.1) is 21.5 Å². The molecular weight excluding hydrogens is 352 g/mol. The smallest absolute Gasteiger partial charge is 0.267 e. The van der Waals surface area contributed by atoms with Crippen molar-refractivity contribution in [2.24, 2.45) is 5.92 Å². The van der Waals surface area contributed by atoms with Gasteiger partial charge in [0, 0.05) is 12.0 Å². The van der Waals surface area contributed by atoms with Gasteiger partial charge in [0.1, 0.15) is 5.01 Å². The summed E-state index contributed by atoms with van der Waals surface area (Å²) in [4.78, 5) is 13.1. The highest BCUT2D eigenvalue weighted by Crippen LogP contribution is 2.42. The average molecular weight is 377 g/mol. The third-order valence-corrected chi connectivity index (χ3v) is 6.90. The Balaban J connectivity index is 1.27. The van der Waals surface area contributed by atoms with Crippen LogP contribution >= 0.6 is 22.7 Å². The molecule has 2 fully saturated rings. The van der Waals surface area contributed by atoms with Crippen LogP contribution in [0.3, 0.4) is 0 Å². The summed E-state index contributed by atoms with van der Waals surface area (Å²) in [7, 11) is 0. The van der Waals surface area contributed by atoms with E-state index in [1.54, 1.807) is 0 Å². The van der Waals surface area contributed by atoms with Crippen LogP contribution in [0.15, 0.2) is 11.4 Å². The lowest BCUT2D eigenvalue weighted by molar-refractivity contribution is 0.103. The molecule has 2 unspecified atom stereocenters. The molecule has 2 aliphatic carbocycles. The minimum absolute atomic E-state index is 0.0836. The molecule has 0 spiro atoms. The summed E-state index contributed by atoms with van der Waals surface area (Å²) in [5, 5.41) is 18.0. The van der Waals surface area contributed by atoms with E-state index in [4.69, 9.17) is 0 Å². The highest BCUT2D eigenvalue weighted by Gasteiger charge is 2.39. The van der Waals surface area contributed by atoms with Gasteiger partial charge in [0.15, 0.2) is 0 Å². The second kappa shape index (κ2) is 7.51. The van der Waals surface area contributed by atoms with Crippen LogP contribution in [0.4, 0.5) is 5.13 Å². The maximum Gasteiger partial charge on any atom is 0.267 e. The van der Waals surface area contributed by atoms with Gasteiger partial charge >= 0.3 is 0 Å². The zero-order valence-electron chi connectivity index (χ0n) is 14.5. The van der Waals surface area contributed by atoms with Gasteiger partial charge < -0.3 is 5.32 Å². The third-order valence-electron chi connectivity index (χ3n) is 5.20. The third kappa shape index (κ3) is 4.27. The topological polar surface area (TPSA) is 66.9 Å². The maximum absolute atomic E-state index is 12.3. The molecule has 2 saturated carbocycles. The Kier molecular flexibility index (Phi) is 5.15. The number of anilines is 1. The molecule has 2 heterocycles. The largest absolute Gasteiger partial charge is 0.313 e. The number of nitrogens with one attached hydrogen (secondary N) is 2. The molecule has 2 N–H and O–H groups in total. The highest BCUT2D eigenvalue weighted by atomic mass is 32.1. The molecule has 2 aromatic heterocycles. The first kappa shape index (κ1) is 17.1. The molecule has 0 saturated heterocycles. The van der Waals surface area contributed by atoms with Crippen molar-refractivity contribution < 1.29 is 4.79 Å². The van der Waals surface area contributed by atoms with Crippen molar-refractivity contribution in [2.75, 3.05) is 11.9 Å². The second-order valence-corrected chi connectivity index (χ2v) is 9.28. The lowest BCUT2D eigenvalue weighted by Crippen LogP contribution is -2.26. The van der Waals surface area contributed by atoms with Crippen molar-refractivity contribution in [3.8, 4) is 0 Å². The zero-order valence-corrected chi connectivity index (χ0v) is 16.1. The Labute approximate surface area is 156 Å². The Bertz CT molecular complexity index is 735. The molecular formula is C18H24N4OS2. The molecule has 5 nitrogen and oxygen atoms in total. The number of rotatable bonds is 6. The number of nitrogens with zero attached hydrogens (tertiary/aromatic N) is 2. The molecule has 1 amide bonds. The number of thiophene rings is 1. The van der Waals surface area contributed by atoms with E-state index in [9.17, 15) is 4.79 Å². The van der Waals surface area contributed by atoms with E-state index >= 15 is 0 Å². The zero-order chi connectivity index (χ0) is 17.2. The highest BCUT2D eigenvalue weighted by molar-refractivity contribution is 7.15. The number of amides is 1. The van der Waals surface area contributed by atoms with Crippen LogP contribution in [0.1, 0.15) is 64.7 Å². The summed E-state index contributed by atoms with van der Waals surface area (Å²) in [5.74, 6) is 1.36. The second-order valence-electron chi connectivity index (χ2n) is 7.19. The lowest BCUT2D eigenvalue weighted by Gasteiger charge is -2.21. The van der Waals surface area contributed by atoms with Gasteiger partial charge in [0.25, 0.3) is 5.91 Å². The standard InChI is InChI=1S/C18H24N4OS2/c1-11-21-22-18(25-11)20-17(23)16-7-13(10-24-16)14-8-15(14)19-9-12-5-3-2-4-6-12/h7,10,12,14-15,19H,2-6,8-9H2,1H3,(H,20,22,23). The predicted molar refractivity (Wildman–Crippen MR) is 103 cm³/mol. The van der Waals surface area contributed by atoms with Crippen molar-refractivity contribution in [3.63, 3.8) is 0 Å². The normalized spacial score (nSPS) is 23.6. The lowest BCUT2D eigenvalue weighted by atomic mass is 9.89. The Morgan fingerprint density at radius 1 is 1.28 bits per heavy atom. The van der Waals surface area contributed by atoms with Crippen LogP contribution in [-0.2, 0) is 0 Å². The number of aryl methyl sites for hydroxylation is 1. The van der Waals surface area contributed by atoms with Gasteiger partial charge in [-0.2, -0.15) is 0 Å². The summed E-state index contributed by atoms with van der Waals surface area (Å²) in [6.45, 7) is 3.04. The van der Waals surface area contributed by atoms with Crippen LogP contribution in [0, 0.1) is 12.8 Å². The summed E-state index contributed by atoms with van der Waals surface area (Å²) < 4.78 is 0. The first-order valence-electron chi connectivity index (χ1n) is 9.12. The van der Waals surface area contributed by atoms with Gasteiger partial charge in [-0.3, -0.25) is 10.1 Å². The Morgan fingerprint density at radius 3 is 2.88 bits per heavy atom. The summed E-state index contributed by atoms with van der Waals surface area (Å²) in [6, 6.07) is 2.64. The minimum atomic E-state index is -0.0836. The molecule has 4 rings (SSSR count). The number of aromatic nitrogens is 2. The minimum Gasteiger partial charge on any atom is -0.313 e. The van der Waals surface area contributed by atoms with E-state index < -0.39 is 0 Å². The molecule has 2 atom stereocenters. The molecule has 134 valence electrons. The SMILES string of the molecule is Cc1nnc(NC(=O)c2cc(C3CC3NCC3CCCCC3)cs2)s1. The number of carbonyl (C=O) groups is 1. The van der Waals surface area contributed by atoms with Crippen LogP contribution in [0.5, 0.6) is 0 Å². The number of hydrogen-bond acceptors (Lipinski definition) is 6. The number of hydrogen-bond donors (Lipinski definition) is 2. The Morgan fingerprint density at radius 2 is 2.12 bits per heavy atom. The molecule has 25 heavy (non-hydrogen) atoms. The van der Waals surface area contributed by atoms with Gasteiger partial charge in [0.05, 0.1) is 4.88 Å². The van der Waals surface area contributed by atoms with E-state index in [-0.39, 0.29) is 5.91 Å². The van der Waals surface area contributed by atoms with Crippen molar-refractivity contribution in [3.05, 3.63) is 26.9 Å². The van der Waals surface area contributed by atoms with E-state index in [1.807, 2.05) is 13.0 Å². The van der Waals surface area contributed by atoms with E-state index in [0.29, 0.717) is 17.1 Å². The molecule has 0 aliphatic heterocycles.